The van der Waals surface area contributed by atoms with Crippen molar-refractivity contribution in [1.29, 1.82) is 0 Å². The topological polar surface area (TPSA) is 112 Å². The highest BCUT2D eigenvalue weighted by Gasteiger charge is 2.15. The Balaban J connectivity index is 1.72. The zero-order chi connectivity index (χ0) is 16.2. The van der Waals surface area contributed by atoms with E-state index in [9.17, 15) is 4.79 Å². The lowest BCUT2D eigenvalue weighted by Gasteiger charge is -2.08. The SMILES string of the molecule is CCn1ccnc1CNC(=O)c1cnc(-c2ccco2)nc1N. The second-order valence-electron chi connectivity index (χ2n) is 4.78. The first kappa shape index (κ1) is 14.8. The van der Waals surface area contributed by atoms with Crippen molar-refractivity contribution in [1.82, 2.24) is 24.8 Å². The maximum absolute atomic E-state index is 12.2. The van der Waals surface area contributed by atoms with Gasteiger partial charge in [0, 0.05) is 25.1 Å². The molecule has 0 fully saturated rings. The molecule has 3 N–H and O–H groups in total. The van der Waals surface area contributed by atoms with Crippen molar-refractivity contribution in [3.05, 3.63) is 48.4 Å². The molecule has 1 amide bonds. The fourth-order valence-corrected chi connectivity index (χ4v) is 2.14. The third-order valence-electron chi connectivity index (χ3n) is 3.35. The Labute approximate surface area is 132 Å². The number of imidazole rings is 1. The molecular weight excluding hydrogens is 296 g/mol. The molecular formula is C15H16N6O2. The van der Waals surface area contributed by atoms with Gasteiger partial charge < -0.3 is 20.0 Å². The molecule has 0 atom stereocenters. The van der Waals surface area contributed by atoms with Crippen LogP contribution in [-0.4, -0.2) is 25.4 Å². The number of aromatic nitrogens is 4. The van der Waals surface area contributed by atoms with Gasteiger partial charge in [-0.2, -0.15) is 0 Å². The van der Waals surface area contributed by atoms with Crippen LogP contribution in [0.4, 0.5) is 5.82 Å². The molecule has 0 bridgehead atoms. The number of hydrogen-bond acceptors (Lipinski definition) is 6. The molecule has 3 rings (SSSR count). The minimum Gasteiger partial charge on any atom is -0.461 e. The number of amides is 1. The third-order valence-corrected chi connectivity index (χ3v) is 3.35. The van der Waals surface area contributed by atoms with Crippen LogP contribution in [0.25, 0.3) is 11.6 Å². The molecule has 3 aromatic heterocycles. The van der Waals surface area contributed by atoms with Gasteiger partial charge >= 0.3 is 0 Å². The van der Waals surface area contributed by atoms with Crippen molar-refractivity contribution in [2.75, 3.05) is 5.73 Å². The van der Waals surface area contributed by atoms with Crippen LogP contribution in [0.5, 0.6) is 0 Å². The lowest BCUT2D eigenvalue weighted by molar-refractivity contribution is 0.0949. The second-order valence-corrected chi connectivity index (χ2v) is 4.78. The van der Waals surface area contributed by atoms with Gasteiger partial charge in [-0.3, -0.25) is 4.79 Å². The van der Waals surface area contributed by atoms with Crippen molar-refractivity contribution < 1.29 is 9.21 Å². The largest absolute Gasteiger partial charge is 0.461 e. The highest BCUT2D eigenvalue weighted by molar-refractivity contribution is 5.98. The Bertz CT molecular complexity index is 809. The van der Waals surface area contributed by atoms with Crippen LogP contribution in [0.1, 0.15) is 23.1 Å². The van der Waals surface area contributed by atoms with Crippen molar-refractivity contribution in [2.24, 2.45) is 0 Å². The van der Waals surface area contributed by atoms with E-state index in [0.717, 1.165) is 12.4 Å². The van der Waals surface area contributed by atoms with Crippen molar-refractivity contribution >= 4 is 11.7 Å². The number of nitrogens with zero attached hydrogens (tertiary/aromatic N) is 4. The van der Waals surface area contributed by atoms with Crippen LogP contribution in [0, 0.1) is 0 Å². The summed E-state index contributed by atoms with van der Waals surface area (Å²) in [6.07, 6.45) is 6.46. The molecule has 0 aliphatic heterocycles. The monoisotopic (exact) mass is 312 g/mol. The predicted molar refractivity (Wildman–Crippen MR) is 83.2 cm³/mol. The molecule has 3 heterocycles. The fourth-order valence-electron chi connectivity index (χ4n) is 2.14. The Morgan fingerprint density at radius 1 is 1.43 bits per heavy atom. The Morgan fingerprint density at radius 3 is 3.00 bits per heavy atom. The van der Waals surface area contributed by atoms with E-state index in [4.69, 9.17) is 10.2 Å². The molecule has 0 radical (unpaired) electrons. The van der Waals surface area contributed by atoms with Crippen molar-refractivity contribution in [3.63, 3.8) is 0 Å². The zero-order valence-electron chi connectivity index (χ0n) is 12.6. The molecule has 8 nitrogen and oxygen atoms in total. The number of carbonyl (C=O) groups is 1. The Morgan fingerprint density at radius 2 is 2.30 bits per heavy atom. The molecule has 0 spiro atoms. The van der Waals surface area contributed by atoms with Crippen molar-refractivity contribution in [2.45, 2.75) is 20.0 Å². The van der Waals surface area contributed by atoms with Crippen LogP contribution in [0.3, 0.4) is 0 Å². The quantitative estimate of drug-likeness (QED) is 0.737. The van der Waals surface area contributed by atoms with Crippen LogP contribution in [-0.2, 0) is 13.1 Å². The average Bonchev–Trinajstić information content (AvgIpc) is 3.23. The van der Waals surface area contributed by atoms with Crippen LogP contribution < -0.4 is 11.1 Å². The number of hydrogen-bond donors (Lipinski definition) is 2. The van der Waals surface area contributed by atoms with Gasteiger partial charge in [0.2, 0.25) is 0 Å². The van der Waals surface area contributed by atoms with Gasteiger partial charge in [-0.15, -0.1) is 0 Å². The van der Waals surface area contributed by atoms with E-state index in [1.807, 2.05) is 17.7 Å². The summed E-state index contributed by atoms with van der Waals surface area (Å²) in [5, 5.41) is 2.77. The third kappa shape index (κ3) is 3.05. The van der Waals surface area contributed by atoms with E-state index in [-0.39, 0.29) is 17.3 Å². The number of nitrogen functional groups attached to an aromatic ring is 1. The average molecular weight is 312 g/mol. The second kappa shape index (κ2) is 6.30. The number of nitrogens with two attached hydrogens (primary N) is 1. The van der Waals surface area contributed by atoms with Crippen LogP contribution in [0.15, 0.2) is 41.4 Å². The van der Waals surface area contributed by atoms with E-state index < -0.39 is 0 Å². The molecule has 0 unspecified atom stereocenters. The summed E-state index contributed by atoms with van der Waals surface area (Å²) >= 11 is 0. The minimum absolute atomic E-state index is 0.0998. The molecule has 3 aromatic rings. The number of aryl methyl sites for hydroxylation is 1. The first-order valence-corrected chi connectivity index (χ1v) is 7.13. The molecule has 8 heteroatoms. The standard InChI is InChI=1S/C15H16N6O2/c1-2-21-6-5-17-12(21)9-19-15(22)10-8-18-14(20-13(10)16)11-4-3-7-23-11/h3-8H,2,9H2,1H3,(H,19,22)(H2,16,18,20). The summed E-state index contributed by atoms with van der Waals surface area (Å²) in [4.78, 5) is 24.6. The number of rotatable bonds is 5. The molecule has 0 aliphatic rings. The molecule has 0 aromatic carbocycles. The lowest BCUT2D eigenvalue weighted by atomic mass is 10.2. The molecule has 118 valence electrons. The first-order valence-electron chi connectivity index (χ1n) is 7.13. The van der Waals surface area contributed by atoms with Crippen LogP contribution >= 0.6 is 0 Å². The summed E-state index contributed by atoms with van der Waals surface area (Å²) in [5.74, 6) is 1.36. The smallest absolute Gasteiger partial charge is 0.256 e. The molecule has 23 heavy (non-hydrogen) atoms. The van der Waals surface area contributed by atoms with E-state index in [1.165, 1.54) is 12.5 Å². The predicted octanol–water partition coefficient (Wildman–Crippen LogP) is 1.47. The van der Waals surface area contributed by atoms with E-state index in [2.05, 4.69) is 20.3 Å². The number of nitrogens with one attached hydrogen (secondary N) is 1. The maximum Gasteiger partial charge on any atom is 0.256 e. The summed E-state index contributed by atoms with van der Waals surface area (Å²) < 4.78 is 7.15. The van der Waals surface area contributed by atoms with Crippen LogP contribution in [0.2, 0.25) is 0 Å². The zero-order valence-corrected chi connectivity index (χ0v) is 12.6. The van der Waals surface area contributed by atoms with Gasteiger partial charge in [0.1, 0.15) is 11.6 Å². The Hall–Kier alpha value is -3.16. The normalized spacial score (nSPS) is 10.7. The number of carbonyl (C=O) groups excluding carboxylic acids is 1. The molecule has 0 saturated heterocycles. The summed E-state index contributed by atoms with van der Waals surface area (Å²) in [5.41, 5.74) is 6.08. The first-order chi connectivity index (χ1) is 11.2. The van der Waals surface area contributed by atoms with Gasteiger partial charge in [0.25, 0.3) is 5.91 Å². The number of anilines is 1. The van der Waals surface area contributed by atoms with Gasteiger partial charge in [-0.25, -0.2) is 15.0 Å². The highest BCUT2D eigenvalue weighted by atomic mass is 16.3. The van der Waals surface area contributed by atoms with E-state index >= 15 is 0 Å². The number of furan rings is 1. The molecule has 0 aliphatic carbocycles. The van der Waals surface area contributed by atoms with Gasteiger partial charge in [-0.05, 0) is 19.1 Å². The lowest BCUT2D eigenvalue weighted by Crippen LogP contribution is -2.26. The maximum atomic E-state index is 12.2. The Kier molecular flexibility index (Phi) is 4.05. The highest BCUT2D eigenvalue weighted by Crippen LogP contribution is 2.17. The summed E-state index contributed by atoms with van der Waals surface area (Å²) in [6.45, 7) is 3.10. The van der Waals surface area contributed by atoms with Crippen molar-refractivity contribution in [3.8, 4) is 11.6 Å². The minimum atomic E-state index is -0.348. The van der Waals surface area contributed by atoms with E-state index in [1.54, 1.807) is 18.3 Å². The molecule has 0 saturated carbocycles. The fraction of sp³-hybridized carbons (Fsp3) is 0.200. The summed E-state index contributed by atoms with van der Waals surface area (Å²) in [7, 11) is 0. The van der Waals surface area contributed by atoms with E-state index in [0.29, 0.717) is 18.1 Å². The summed E-state index contributed by atoms with van der Waals surface area (Å²) in [6, 6.07) is 3.45. The van der Waals surface area contributed by atoms with Gasteiger partial charge in [-0.1, -0.05) is 0 Å². The van der Waals surface area contributed by atoms with Gasteiger partial charge in [0.15, 0.2) is 11.6 Å². The van der Waals surface area contributed by atoms with Gasteiger partial charge in [0.05, 0.1) is 18.4 Å².